The summed E-state index contributed by atoms with van der Waals surface area (Å²) in [6, 6.07) is 1.79. The zero-order chi connectivity index (χ0) is 18.1. The Bertz CT molecular complexity index is 653. The predicted molar refractivity (Wildman–Crippen MR) is 93.3 cm³/mol. The standard InChI is InChI=1S/C19H28N2O4/c1-4-25-19(24)16-8-12(2)21(13(16)3)11-17(22)20-9-14-6-5-7-15(10-20)18(14)23/h8,14-15,18,23H,4-7,9-11H2,1-3H3/t14-,15+,18?. The normalized spacial score (nSPS) is 25.8. The number of hydrogen-bond acceptors (Lipinski definition) is 4. The number of aryl methyl sites for hydroxylation is 1. The fourth-order valence-corrected chi connectivity index (χ4v) is 4.31. The third-order valence-electron chi connectivity index (χ3n) is 5.74. The number of nitrogens with zero attached hydrogens (tertiary/aromatic N) is 2. The molecule has 0 radical (unpaired) electrons. The molecule has 1 N–H and O–H groups in total. The number of amides is 1. The first kappa shape index (κ1) is 18.0. The summed E-state index contributed by atoms with van der Waals surface area (Å²) < 4.78 is 6.97. The van der Waals surface area contributed by atoms with Gasteiger partial charge in [0.25, 0.3) is 0 Å². The molecule has 1 aliphatic carbocycles. The van der Waals surface area contributed by atoms with Crippen LogP contribution >= 0.6 is 0 Å². The number of ether oxygens (including phenoxy) is 1. The summed E-state index contributed by atoms with van der Waals surface area (Å²) in [4.78, 5) is 26.7. The van der Waals surface area contributed by atoms with Crippen molar-refractivity contribution in [1.82, 2.24) is 9.47 Å². The maximum Gasteiger partial charge on any atom is 0.339 e. The Hall–Kier alpha value is -1.82. The van der Waals surface area contributed by atoms with Gasteiger partial charge in [-0.25, -0.2) is 4.79 Å². The number of carbonyl (C=O) groups excluding carboxylic acids is 2. The molecule has 1 aromatic heterocycles. The summed E-state index contributed by atoms with van der Waals surface area (Å²) in [5.41, 5.74) is 2.17. The Morgan fingerprint density at radius 2 is 1.88 bits per heavy atom. The van der Waals surface area contributed by atoms with Crippen LogP contribution in [0, 0.1) is 25.7 Å². The molecule has 3 rings (SSSR count). The third kappa shape index (κ3) is 3.45. The number of fused-ring (bicyclic) bond motifs is 2. The van der Waals surface area contributed by atoms with Crippen molar-refractivity contribution in [2.75, 3.05) is 19.7 Å². The molecule has 138 valence electrons. The van der Waals surface area contributed by atoms with Crippen LogP contribution in [0.5, 0.6) is 0 Å². The number of esters is 1. The number of aliphatic hydroxyl groups excluding tert-OH is 1. The second-order valence-electron chi connectivity index (χ2n) is 7.33. The predicted octanol–water partition coefficient (Wildman–Crippen LogP) is 1.90. The molecule has 1 saturated carbocycles. The first-order valence-corrected chi connectivity index (χ1v) is 9.22. The van der Waals surface area contributed by atoms with E-state index in [1.54, 1.807) is 13.0 Å². The molecule has 6 heteroatoms. The second kappa shape index (κ2) is 7.20. The van der Waals surface area contributed by atoms with Crippen molar-refractivity contribution in [2.45, 2.75) is 52.7 Å². The van der Waals surface area contributed by atoms with Crippen molar-refractivity contribution in [3.63, 3.8) is 0 Å². The van der Waals surface area contributed by atoms with Gasteiger partial charge in [-0.2, -0.15) is 0 Å². The van der Waals surface area contributed by atoms with Crippen LogP contribution in [0.1, 0.15) is 47.9 Å². The van der Waals surface area contributed by atoms with E-state index in [1.807, 2.05) is 23.3 Å². The van der Waals surface area contributed by atoms with E-state index in [-0.39, 0.29) is 36.4 Å². The minimum absolute atomic E-state index is 0.0565. The van der Waals surface area contributed by atoms with Gasteiger partial charge in [-0.3, -0.25) is 4.79 Å². The Morgan fingerprint density at radius 1 is 1.24 bits per heavy atom. The second-order valence-corrected chi connectivity index (χ2v) is 7.33. The van der Waals surface area contributed by atoms with Gasteiger partial charge < -0.3 is 19.3 Å². The lowest BCUT2D eigenvalue weighted by Crippen LogP contribution is -2.53. The van der Waals surface area contributed by atoms with Crippen molar-refractivity contribution in [2.24, 2.45) is 11.8 Å². The van der Waals surface area contributed by atoms with E-state index in [1.165, 1.54) is 0 Å². The van der Waals surface area contributed by atoms with E-state index in [2.05, 4.69) is 0 Å². The van der Waals surface area contributed by atoms with Gasteiger partial charge in [0.05, 0.1) is 18.3 Å². The quantitative estimate of drug-likeness (QED) is 0.844. The van der Waals surface area contributed by atoms with Crippen LogP contribution in [0.2, 0.25) is 0 Å². The zero-order valence-electron chi connectivity index (χ0n) is 15.3. The van der Waals surface area contributed by atoms with Gasteiger partial charge in [0, 0.05) is 36.3 Å². The topological polar surface area (TPSA) is 71.8 Å². The SMILES string of the molecule is CCOC(=O)c1cc(C)n(CC(=O)N2C[C@H]3CCC[C@@H](C2)C3O)c1C. The van der Waals surface area contributed by atoms with Crippen LogP contribution in [0.25, 0.3) is 0 Å². The highest BCUT2D eigenvalue weighted by atomic mass is 16.5. The van der Waals surface area contributed by atoms with Crippen LogP contribution in [0.3, 0.4) is 0 Å². The van der Waals surface area contributed by atoms with Crippen molar-refractivity contribution in [3.05, 3.63) is 23.0 Å². The van der Waals surface area contributed by atoms with Crippen LogP contribution in [0.4, 0.5) is 0 Å². The number of piperidine rings is 1. The summed E-state index contributed by atoms with van der Waals surface area (Å²) in [7, 11) is 0. The first-order chi connectivity index (χ1) is 11.9. The van der Waals surface area contributed by atoms with Crippen LogP contribution in [0.15, 0.2) is 6.07 Å². The van der Waals surface area contributed by atoms with Gasteiger partial charge in [-0.1, -0.05) is 6.42 Å². The number of rotatable bonds is 4. The Balaban J connectivity index is 1.72. The molecule has 25 heavy (non-hydrogen) atoms. The molecule has 1 unspecified atom stereocenters. The monoisotopic (exact) mass is 348 g/mol. The van der Waals surface area contributed by atoms with Gasteiger partial charge >= 0.3 is 5.97 Å². The average molecular weight is 348 g/mol. The maximum absolute atomic E-state index is 12.8. The molecule has 1 aliphatic heterocycles. The molecule has 2 bridgehead atoms. The Labute approximate surface area is 148 Å². The average Bonchev–Trinajstić information content (AvgIpc) is 2.83. The molecule has 6 nitrogen and oxygen atoms in total. The van der Waals surface area contributed by atoms with E-state index in [0.717, 1.165) is 30.7 Å². The number of aliphatic hydroxyl groups is 1. The molecular formula is C19H28N2O4. The van der Waals surface area contributed by atoms with Gasteiger partial charge in [0.15, 0.2) is 0 Å². The van der Waals surface area contributed by atoms with Crippen molar-refractivity contribution >= 4 is 11.9 Å². The summed E-state index contributed by atoms with van der Waals surface area (Å²) >= 11 is 0. The van der Waals surface area contributed by atoms with E-state index < -0.39 is 0 Å². The highest BCUT2D eigenvalue weighted by Crippen LogP contribution is 2.35. The number of likely N-dealkylation sites (tertiary alicyclic amines) is 1. The molecule has 1 aromatic rings. The highest BCUT2D eigenvalue weighted by molar-refractivity contribution is 5.91. The first-order valence-electron chi connectivity index (χ1n) is 9.22. The van der Waals surface area contributed by atoms with Crippen LogP contribution in [-0.2, 0) is 16.1 Å². The van der Waals surface area contributed by atoms with Gasteiger partial charge in [-0.05, 0) is 39.7 Å². The number of carbonyl (C=O) groups is 2. The molecule has 2 fully saturated rings. The molecule has 2 aliphatic rings. The zero-order valence-corrected chi connectivity index (χ0v) is 15.3. The summed E-state index contributed by atoms with van der Waals surface area (Å²) in [5.74, 6) is 0.128. The highest BCUT2D eigenvalue weighted by Gasteiger charge is 2.39. The van der Waals surface area contributed by atoms with Gasteiger partial charge in [-0.15, -0.1) is 0 Å². The fourth-order valence-electron chi connectivity index (χ4n) is 4.31. The smallest absolute Gasteiger partial charge is 0.339 e. The van der Waals surface area contributed by atoms with E-state index in [9.17, 15) is 14.7 Å². The minimum Gasteiger partial charge on any atom is -0.462 e. The summed E-state index contributed by atoms with van der Waals surface area (Å²) in [5, 5.41) is 10.3. The molecular weight excluding hydrogens is 320 g/mol. The van der Waals surface area contributed by atoms with E-state index in [4.69, 9.17) is 4.74 Å². The van der Waals surface area contributed by atoms with E-state index in [0.29, 0.717) is 25.3 Å². The minimum atomic E-state index is -0.343. The molecule has 2 heterocycles. The van der Waals surface area contributed by atoms with Crippen molar-refractivity contribution < 1.29 is 19.4 Å². The summed E-state index contributed by atoms with van der Waals surface area (Å²) in [6.45, 7) is 7.37. The van der Waals surface area contributed by atoms with Gasteiger partial charge in [0.2, 0.25) is 5.91 Å². The Kier molecular flexibility index (Phi) is 5.18. The molecule has 1 amide bonds. The lowest BCUT2D eigenvalue weighted by molar-refractivity contribution is -0.140. The fraction of sp³-hybridized carbons (Fsp3) is 0.684. The number of hydrogen-bond donors (Lipinski definition) is 1. The molecule has 3 atom stereocenters. The number of aromatic nitrogens is 1. The molecule has 0 aromatic carbocycles. The Morgan fingerprint density at radius 3 is 2.48 bits per heavy atom. The molecule has 0 spiro atoms. The maximum atomic E-state index is 12.8. The van der Waals surface area contributed by atoms with E-state index >= 15 is 0 Å². The third-order valence-corrected chi connectivity index (χ3v) is 5.74. The van der Waals surface area contributed by atoms with Crippen LogP contribution in [-0.4, -0.2) is 52.3 Å². The molecule has 1 saturated heterocycles. The van der Waals surface area contributed by atoms with Crippen LogP contribution < -0.4 is 0 Å². The largest absolute Gasteiger partial charge is 0.462 e. The van der Waals surface area contributed by atoms with Crippen molar-refractivity contribution in [1.29, 1.82) is 0 Å². The van der Waals surface area contributed by atoms with Gasteiger partial charge in [0.1, 0.15) is 6.54 Å². The van der Waals surface area contributed by atoms with Crippen molar-refractivity contribution in [3.8, 4) is 0 Å². The lowest BCUT2D eigenvalue weighted by Gasteiger charge is -2.45. The summed E-state index contributed by atoms with van der Waals surface area (Å²) in [6.07, 6.45) is 2.88. The lowest BCUT2D eigenvalue weighted by atomic mass is 9.75.